The topological polar surface area (TPSA) is 75.7 Å². The van der Waals surface area contributed by atoms with Gasteiger partial charge in [-0.15, -0.1) is 0 Å². The zero-order chi connectivity index (χ0) is 17.7. The van der Waals surface area contributed by atoms with Crippen LogP contribution in [0.5, 0.6) is 5.75 Å². The van der Waals surface area contributed by atoms with E-state index in [-0.39, 0.29) is 6.54 Å². The molecule has 0 fully saturated rings. The molecule has 6 nitrogen and oxygen atoms in total. The molecule has 0 heterocycles. The molecule has 8 heteroatoms. The van der Waals surface area contributed by atoms with Gasteiger partial charge in [0.1, 0.15) is 12.3 Å². The van der Waals surface area contributed by atoms with Crippen LogP contribution < -0.4 is 14.4 Å². The van der Waals surface area contributed by atoms with E-state index < -0.39 is 15.9 Å². The lowest BCUT2D eigenvalue weighted by molar-refractivity contribution is -0.114. The molecule has 24 heavy (non-hydrogen) atoms. The van der Waals surface area contributed by atoms with Crippen LogP contribution in [0.15, 0.2) is 48.5 Å². The number of anilines is 2. The van der Waals surface area contributed by atoms with Crippen molar-refractivity contribution in [1.29, 1.82) is 0 Å². The van der Waals surface area contributed by atoms with Crippen LogP contribution in [0.4, 0.5) is 11.4 Å². The Morgan fingerprint density at radius 2 is 1.92 bits per heavy atom. The first kappa shape index (κ1) is 18.1. The summed E-state index contributed by atoms with van der Waals surface area (Å²) in [4.78, 5) is 12.3. The number of hydrogen-bond acceptors (Lipinski definition) is 4. The maximum absolute atomic E-state index is 12.3. The first-order valence-electron chi connectivity index (χ1n) is 6.97. The summed E-state index contributed by atoms with van der Waals surface area (Å²) in [5.41, 5.74) is 0.782. The van der Waals surface area contributed by atoms with Crippen molar-refractivity contribution in [3.05, 3.63) is 53.6 Å². The summed E-state index contributed by atoms with van der Waals surface area (Å²) in [5, 5.41) is 3.09. The van der Waals surface area contributed by atoms with Gasteiger partial charge in [-0.25, -0.2) is 8.42 Å². The number of rotatable bonds is 6. The summed E-state index contributed by atoms with van der Waals surface area (Å²) < 4.78 is 30.4. The van der Waals surface area contributed by atoms with E-state index in [0.717, 1.165) is 10.6 Å². The molecule has 1 N–H and O–H groups in total. The quantitative estimate of drug-likeness (QED) is 0.850. The van der Waals surface area contributed by atoms with Gasteiger partial charge < -0.3 is 10.1 Å². The minimum absolute atomic E-state index is 0.295. The molecule has 0 atom stereocenters. The van der Waals surface area contributed by atoms with Gasteiger partial charge >= 0.3 is 0 Å². The molecule has 0 spiro atoms. The number of nitrogens with one attached hydrogen (secondary N) is 1. The molecule has 0 saturated heterocycles. The van der Waals surface area contributed by atoms with E-state index in [4.69, 9.17) is 16.3 Å². The fraction of sp³-hybridized carbons (Fsp3) is 0.188. The lowest BCUT2D eigenvalue weighted by atomic mass is 10.3. The SMILES string of the molecule is COc1ccccc1N(CC(=O)Nc1cccc(Cl)c1)S(C)(=O)=O. The number of amides is 1. The summed E-state index contributed by atoms with van der Waals surface area (Å²) >= 11 is 5.87. The number of para-hydroxylation sites is 2. The van der Waals surface area contributed by atoms with Crippen LogP contribution in [-0.2, 0) is 14.8 Å². The largest absolute Gasteiger partial charge is 0.495 e. The Balaban J connectivity index is 2.25. The molecule has 0 aliphatic rings. The summed E-state index contributed by atoms with van der Waals surface area (Å²) in [6, 6.07) is 13.2. The summed E-state index contributed by atoms with van der Waals surface area (Å²) in [5.74, 6) is -0.132. The highest BCUT2D eigenvalue weighted by Crippen LogP contribution is 2.29. The molecular weight excluding hydrogens is 352 g/mol. The lowest BCUT2D eigenvalue weighted by Gasteiger charge is -2.23. The zero-order valence-corrected chi connectivity index (χ0v) is 14.8. The molecule has 2 aromatic rings. The van der Waals surface area contributed by atoms with Gasteiger partial charge in [-0.3, -0.25) is 9.10 Å². The molecule has 0 aliphatic heterocycles. The monoisotopic (exact) mass is 368 g/mol. The fourth-order valence-electron chi connectivity index (χ4n) is 2.11. The molecule has 0 unspecified atom stereocenters. The van der Waals surface area contributed by atoms with Gasteiger partial charge in [0.2, 0.25) is 15.9 Å². The van der Waals surface area contributed by atoms with E-state index in [2.05, 4.69) is 5.32 Å². The smallest absolute Gasteiger partial charge is 0.245 e. The predicted molar refractivity (Wildman–Crippen MR) is 95.3 cm³/mol. The van der Waals surface area contributed by atoms with Crippen molar-refractivity contribution in [3.8, 4) is 5.75 Å². The maximum atomic E-state index is 12.3. The number of hydrogen-bond donors (Lipinski definition) is 1. The normalized spacial score (nSPS) is 11.0. The number of ether oxygens (including phenoxy) is 1. The number of benzene rings is 2. The number of carbonyl (C=O) groups is 1. The van der Waals surface area contributed by atoms with Gasteiger partial charge in [0, 0.05) is 10.7 Å². The predicted octanol–water partition coefficient (Wildman–Crippen LogP) is 2.75. The Morgan fingerprint density at radius 1 is 1.21 bits per heavy atom. The van der Waals surface area contributed by atoms with E-state index in [0.29, 0.717) is 22.1 Å². The van der Waals surface area contributed by atoms with Crippen LogP contribution in [0.25, 0.3) is 0 Å². The maximum Gasteiger partial charge on any atom is 0.245 e. The highest BCUT2D eigenvalue weighted by atomic mass is 35.5. The van der Waals surface area contributed by atoms with Crippen molar-refractivity contribution in [1.82, 2.24) is 0 Å². The lowest BCUT2D eigenvalue weighted by Crippen LogP contribution is -2.37. The molecule has 2 aromatic carbocycles. The Morgan fingerprint density at radius 3 is 2.54 bits per heavy atom. The molecular formula is C16H17ClN2O4S. The average Bonchev–Trinajstić information content (AvgIpc) is 2.51. The van der Waals surface area contributed by atoms with Crippen LogP contribution in [0.1, 0.15) is 0 Å². The van der Waals surface area contributed by atoms with E-state index in [1.165, 1.54) is 7.11 Å². The average molecular weight is 369 g/mol. The number of sulfonamides is 1. The molecule has 0 aromatic heterocycles. The first-order chi connectivity index (χ1) is 11.3. The fourth-order valence-corrected chi connectivity index (χ4v) is 3.16. The van der Waals surface area contributed by atoms with Crippen LogP contribution >= 0.6 is 11.6 Å². The number of methoxy groups -OCH3 is 1. The Bertz CT molecular complexity index is 839. The molecule has 0 bridgehead atoms. The third-order valence-electron chi connectivity index (χ3n) is 3.15. The zero-order valence-electron chi connectivity index (χ0n) is 13.2. The van der Waals surface area contributed by atoms with Gasteiger partial charge in [0.15, 0.2) is 0 Å². The third-order valence-corrected chi connectivity index (χ3v) is 4.51. The second-order valence-corrected chi connectivity index (χ2v) is 7.34. The van der Waals surface area contributed by atoms with Crippen molar-refractivity contribution in [2.45, 2.75) is 0 Å². The van der Waals surface area contributed by atoms with Gasteiger partial charge in [-0.2, -0.15) is 0 Å². The van der Waals surface area contributed by atoms with Crippen molar-refractivity contribution in [2.24, 2.45) is 0 Å². The summed E-state index contributed by atoms with van der Waals surface area (Å²) in [6.45, 7) is -0.383. The minimum Gasteiger partial charge on any atom is -0.495 e. The van der Waals surface area contributed by atoms with Crippen molar-refractivity contribution >= 4 is 38.9 Å². The number of halogens is 1. The van der Waals surface area contributed by atoms with Gasteiger partial charge in [0.25, 0.3) is 0 Å². The second kappa shape index (κ2) is 7.55. The van der Waals surface area contributed by atoms with Gasteiger partial charge in [0.05, 0.1) is 19.1 Å². The molecule has 1 amide bonds. The molecule has 0 saturated carbocycles. The summed E-state index contributed by atoms with van der Waals surface area (Å²) in [7, 11) is -2.24. The van der Waals surface area contributed by atoms with Gasteiger partial charge in [-0.1, -0.05) is 29.8 Å². The van der Waals surface area contributed by atoms with Crippen LogP contribution in [0.3, 0.4) is 0 Å². The summed E-state index contributed by atoms with van der Waals surface area (Å²) in [6.07, 6.45) is 1.03. The van der Waals surface area contributed by atoms with Gasteiger partial charge in [-0.05, 0) is 30.3 Å². The molecule has 0 radical (unpaired) electrons. The van der Waals surface area contributed by atoms with Crippen molar-refractivity contribution < 1.29 is 17.9 Å². The molecule has 2 rings (SSSR count). The van der Waals surface area contributed by atoms with Crippen LogP contribution in [0, 0.1) is 0 Å². The Hall–Kier alpha value is -2.25. The Kier molecular flexibility index (Phi) is 5.69. The minimum atomic E-state index is -3.68. The number of nitrogens with zero attached hydrogens (tertiary/aromatic N) is 1. The standard InChI is InChI=1S/C16H17ClN2O4S/c1-23-15-9-4-3-8-14(15)19(24(2,21)22)11-16(20)18-13-7-5-6-12(17)10-13/h3-10H,11H2,1-2H3,(H,18,20). The van der Waals surface area contributed by atoms with Crippen LogP contribution in [-0.4, -0.2) is 34.2 Å². The third kappa shape index (κ3) is 4.62. The van der Waals surface area contributed by atoms with E-state index in [1.54, 1.807) is 48.5 Å². The Labute approximate surface area is 146 Å². The number of carbonyl (C=O) groups excluding carboxylic acids is 1. The molecule has 128 valence electrons. The van der Waals surface area contributed by atoms with Crippen molar-refractivity contribution in [3.63, 3.8) is 0 Å². The van der Waals surface area contributed by atoms with Crippen molar-refractivity contribution in [2.75, 3.05) is 29.5 Å². The highest BCUT2D eigenvalue weighted by Gasteiger charge is 2.23. The van der Waals surface area contributed by atoms with E-state index in [9.17, 15) is 13.2 Å². The van der Waals surface area contributed by atoms with E-state index in [1.807, 2.05) is 0 Å². The first-order valence-corrected chi connectivity index (χ1v) is 9.20. The molecule has 0 aliphatic carbocycles. The van der Waals surface area contributed by atoms with Crippen LogP contribution in [0.2, 0.25) is 5.02 Å². The second-order valence-electron chi connectivity index (χ2n) is 5.00. The highest BCUT2D eigenvalue weighted by molar-refractivity contribution is 7.92. The van der Waals surface area contributed by atoms with E-state index >= 15 is 0 Å².